The number of methoxy groups -OCH3 is 1. The van der Waals surface area contributed by atoms with Gasteiger partial charge in [0.25, 0.3) is 5.69 Å². The summed E-state index contributed by atoms with van der Waals surface area (Å²) in [6, 6.07) is 5.27. The van der Waals surface area contributed by atoms with E-state index in [-0.39, 0.29) is 24.5 Å². The minimum atomic E-state index is -0.506. The normalized spacial score (nSPS) is 11.2. The Labute approximate surface area is 104 Å². The number of carbonyl (C=O) groups excluding carboxylic acids is 1. The topological polar surface area (TPSA) is 95.5 Å². The average molecular weight is 261 g/mol. The first-order chi connectivity index (χ1) is 7.54. The van der Waals surface area contributed by atoms with Gasteiger partial charge in [-0.25, -0.2) is 0 Å². The Hall–Kier alpha value is -1.66. The highest BCUT2D eigenvalue weighted by molar-refractivity contribution is 5.85. The van der Waals surface area contributed by atoms with Crippen LogP contribution in [0.25, 0.3) is 0 Å². The molecule has 0 spiro atoms. The van der Waals surface area contributed by atoms with Crippen molar-refractivity contribution in [2.75, 3.05) is 7.11 Å². The Balaban J connectivity index is 0.00000256. The van der Waals surface area contributed by atoms with E-state index < -0.39 is 16.9 Å². The highest BCUT2D eigenvalue weighted by Gasteiger charge is 2.13. The van der Waals surface area contributed by atoms with E-state index in [1.54, 1.807) is 0 Å². The lowest BCUT2D eigenvalue weighted by molar-refractivity contribution is -0.384. The molecule has 2 N–H and O–H groups in total. The summed E-state index contributed by atoms with van der Waals surface area (Å²) >= 11 is 0. The quantitative estimate of drug-likeness (QED) is 0.504. The highest BCUT2D eigenvalue weighted by atomic mass is 35.5. The molecule has 6 nitrogen and oxygen atoms in total. The fraction of sp³-hybridized carbons (Fsp3) is 0.300. The lowest BCUT2D eigenvalue weighted by Gasteiger charge is -2.09. The molecule has 0 amide bonds. The second kappa shape index (κ2) is 6.82. The molecule has 0 aromatic heterocycles. The van der Waals surface area contributed by atoms with Crippen molar-refractivity contribution in [2.24, 2.45) is 5.73 Å². The van der Waals surface area contributed by atoms with Crippen LogP contribution in [0.15, 0.2) is 24.3 Å². The van der Waals surface area contributed by atoms with Gasteiger partial charge in [-0.1, -0.05) is 12.1 Å². The van der Waals surface area contributed by atoms with Crippen LogP contribution in [-0.4, -0.2) is 18.0 Å². The maximum absolute atomic E-state index is 11.0. The zero-order chi connectivity index (χ0) is 12.1. The van der Waals surface area contributed by atoms with Crippen LogP contribution in [0.5, 0.6) is 0 Å². The van der Waals surface area contributed by atoms with Crippen molar-refractivity contribution < 1.29 is 14.5 Å². The molecule has 94 valence electrons. The van der Waals surface area contributed by atoms with Gasteiger partial charge in [0, 0.05) is 18.2 Å². The largest absolute Gasteiger partial charge is 0.469 e. The fourth-order valence-electron chi connectivity index (χ4n) is 1.22. The molecule has 0 heterocycles. The number of nitrogens with zero attached hydrogens (tertiary/aromatic N) is 1. The molecule has 1 aromatic carbocycles. The van der Waals surface area contributed by atoms with Crippen LogP contribution in [0.1, 0.15) is 18.0 Å². The van der Waals surface area contributed by atoms with E-state index in [1.807, 2.05) is 0 Å². The summed E-state index contributed by atoms with van der Waals surface area (Å²) in [5.41, 5.74) is 6.38. The molecule has 0 saturated carbocycles. The van der Waals surface area contributed by atoms with Crippen molar-refractivity contribution in [1.82, 2.24) is 0 Å². The zero-order valence-electron chi connectivity index (χ0n) is 9.16. The summed E-state index contributed by atoms with van der Waals surface area (Å²) < 4.78 is 4.48. The second-order valence-corrected chi connectivity index (χ2v) is 3.24. The number of esters is 1. The van der Waals surface area contributed by atoms with Crippen molar-refractivity contribution in [2.45, 2.75) is 12.5 Å². The fourth-order valence-corrected chi connectivity index (χ4v) is 1.22. The number of hydrogen-bond donors (Lipinski definition) is 1. The second-order valence-electron chi connectivity index (χ2n) is 3.24. The Bertz CT molecular complexity index is 394. The number of hydrogen-bond acceptors (Lipinski definition) is 5. The molecule has 0 radical (unpaired) electrons. The Morgan fingerprint density at radius 2 is 2.00 bits per heavy atom. The van der Waals surface area contributed by atoms with E-state index >= 15 is 0 Å². The number of nitrogens with two attached hydrogens (primary N) is 1. The summed E-state index contributed by atoms with van der Waals surface area (Å²) in [4.78, 5) is 20.9. The van der Waals surface area contributed by atoms with E-state index in [1.165, 1.54) is 31.4 Å². The van der Waals surface area contributed by atoms with Gasteiger partial charge in [-0.2, -0.15) is 0 Å². The standard InChI is InChI=1S/C10H12N2O4.ClH/c1-16-10(13)6-9(11)7-2-4-8(5-3-7)12(14)15;/h2-5,9H,6,11H2,1H3;1H. The number of non-ortho nitro benzene ring substituents is 1. The summed E-state index contributed by atoms with van der Waals surface area (Å²) in [6.07, 6.45) is 0.0499. The molecule has 0 aliphatic heterocycles. The maximum atomic E-state index is 11.0. The number of halogens is 1. The predicted molar refractivity (Wildman–Crippen MR) is 63.9 cm³/mol. The number of rotatable bonds is 4. The van der Waals surface area contributed by atoms with Crippen LogP contribution in [0.4, 0.5) is 5.69 Å². The zero-order valence-corrected chi connectivity index (χ0v) is 9.98. The average Bonchev–Trinajstić information content (AvgIpc) is 2.28. The molecule has 0 aliphatic carbocycles. The van der Waals surface area contributed by atoms with E-state index in [2.05, 4.69) is 4.74 Å². The van der Waals surface area contributed by atoms with Gasteiger partial charge >= 0.3 is 5.97 Å². The van der Waals surface area contributed by atoms with Gasteiger partial charge in [0.15, 0.2) is 0 Å². The van der Waals surface area contributed by atoms with E-state index in [0.29, 0.717) is 5.56 Å². The summed E-state index contributed by atoms with van der Waals surface area (Å²) in [7, 11) is 1.28. The molecule has 0 aliphatic rings. The molecular weight excluding hydrogens is 248 g/mol. The number of ether oxygens (including phenoxy) is 1. The van der Waals surface area contributed by atoms with Gasteiger partial charge in [0.1, 0.15) is 0 Å². The smallest absolute Gasteiger partial charge is 0.307 e. The lowest BCUT2D eigenvalue weighted by Crippen LogP contribution is -2.16. The van der Waals surface area contributed by atoms with Gasteiger partial charge in [0.05, 0.1) is 18.5 Å². The predicted octanol–water partition coefficient (Wildman–Crippen LogP) is 1.58. The minimum absolute atomic E-state index is 0. The van der Waals surface area contributed by atoms with Gasteiger partial charge in [-0.15, -0.1) is 12.4 Å². The van der Waals surface area contributed by atoms with E-state index in [0.717, 1.165) is 0 Å². The molecule has 1 atom stereocenters. The van der Waals surface area contributed by atoms with Crippen LogP contribution < -0.4 is 5.73 Å². The minimum Gasteiger partial charge on any atom is -0.469 e. The first kappa shape index (κ1) is 15.3. The Morgan fingerprint density at radius 3 is 2.41 bits per heavy atom. The van der Waals surface area contributed by atoms with Crippen molar-refractivity contribution in [3.8, 4) is 0 Å². The number of benzene rings is 1. The van der Waals surface area contributed by atoms with Crippen molar-refractivity contribution in [3.63, 3.8) is 0 Å². The summed E-state index contributed by atoms with van der Waals surface area (Å²) in [6.45, 7) is 0. The molecule has 1 unspecified atom stereocenters. The molecule has 0 saturated heterocycles. The van der Waals surface area contributed by atoms with Crippen LogP contribution in [0, 0.1) is 10.1 Å². The maximum Gasteiger partial charge on any atom is 0.307 e. The van der Waals surface area contributed by atoms with Crippen LogP contribution in [0.2, 0.25) is 0 Å². The SMILES string of the molecule is COC(=O)CC(N)c1ccc([N+](=O)[O-])cc1.Cl. The van der Waals surface area contributed by atoms with Gasteiger partial charge in [-0.3, -0.25) is 14.9 Å². The molecule has 7 heteroatoms. The summed E-state index contributed by atoms with van der Waals surface area (Å²) in [5.74, 6) is -0.411. The highest BCUT2D eigenvalue weighted by Crippen LogP contribution is 2.18. The molecule has 1 aromatic rings. The van der Waals surface area contributed by atoms with Crippen molar-refractivity contribution in [3.05, 3.63) is 39.9 Å². The molecular formula is C10H13ClN2O4. The van der Waals surface area contributed by atoms with E-state index in [9.17, 15) is 14.9 Å². The first-order valence-corrected chi connectivity index (χ1v) is 4.61. The van der Waals surface area contributed by atoms with Crippen molar-refractivity contribution >= 4 is 24.1 Å². The first-order valence-electron chi connectivity index (χ1n) is 4.61. The molecule has 0 fully saturated rings. The van der Waals surface area contributed by atoms with Gasteiger partial charge < -0.3 is 10.5 Å². The van der Waals surface area contributed by atoms with Crippen LogP contribution in [0.3, 0.4) is 0 Å². The molecule has 17 heavy (non-hydrogen) atoms. The molecule has 0 bridgehead atoms. The van der Waals surface area contributed by atoms with Crippen LogP contribution >= 0.6 is 12.4 Å². The number of nitro benzene ring substituents is 1. The Morgan fingerprint density at radius 1 is 1.47 bits per heavy atom. The lowest BCUT2D eigenvalue weighted by atomic mass is 10.0. The number of carbonyl (C=O) groups is 1. The third-order valence-corrected chi connectivity index (χ3v) is 2.15. The van der Waals surface area contributed by atoms with Crippen LogP contribution in [-0.2, 0) is 9.53 Å². The summed E-state index contributed by atoms with van der Waals surface area (Å²) in [5, 5.41) is 10.4. The molecule has 1 rings (SSSR count). The van der Waals surface area contributed by atoms with E-state index in [4.69, 9.17) is 5.73 Å². The third kappa shape index (κ3) is 4.38. The monoisotopic (exact) mass is 260 g/mol. The Kier molecular flexibility index (Phi) is 6.16. The van der Waals surface area contributed by atoms with Gasteiger partial charge in [0.2, 0.25) is 0 Å². The number of nitro groups is 1. The third-order valence-electron chi connectivity index (χ3n) is 2.15. The van der Waals surface area contributed by atoms with Gasteiger partial charge in [-0.05, 0) is 5.56 Å². The van der Waals surface area contributed by atoms with Crippen molar-refractivity contribution in [1.29, 1.82) is 0 Å².